The van der Waals surface area contributed by atoms with Gasteiger partial charge in [-0.15, -0.1) is 11.3 Å². The van der Waals surface area contributed by atoms with Crippen LogP contribution in [0.2, 0.25) is 0 Å². The number of nitrogens with two attached hydrogens (primary N) is 1. The summed E-state index contributed by atoms with van der Waals surface area (Å²) in [6.07, 6.45) is 3.20. The maximum atomic E-state index is 10.7. The van der Waals surface area contributed by atoms with Crippen molar-refractivity contribution in [3.05, 3.63) is 58.9 Å². The molecule has 7 nitrogen and oxygen atoms in total. The Morgan fingerprint density at radius 3 is 2.63 bits per heavy atom. The molecule has 5 N–H and O–H groups in total. The van der Waals surface area contributed by atoms with Gasteiger partial charge in [-0.1, -0.05) is 26.8 Å². The molecule has 38 heavy (non-hydrogen) atoms. The fraction of sp³-hybridized carbons (Fsp3) is 0.467. The lowest BCUT2D eigenvalue weighted by Crippen LogP contribution is -2.38. The molecule has 0 amide bonds. The third-order valence-electron chi connectivity index (χ3n) is 7.78. The topological polar surface area (TPSA) is 103 Å². The molecule has 2 unspecified atom stereocenters. The van der Waals surface area contributed by atoms with Crippen molar-refractivity contribution in [1.82, 2.24) is 20.1 Å². The van der Waals surface area contributed by atoms with E-state index < -0.39 is 5.60 Å². The van der Waals surface area contributed by atoms with E-state index in [9.17, 15) is 5.11 Å². The Morgan fingerprint density at radius 1 is 1.18 bits per heavy atom. The highest BCUT2D eigenvalue weighted by Gasteiger charge is 2.31. The molecule has 0 spiro atoms. The van der Waals surface area contributed by atoms with E-state index in [-0.39, 0.29) is 11.5 Å². The molecule has 0 saturated carbocycles. The van der Waals surface area contributed by atoms with Crippen molar-refractivity contribution in [3.8, 4) is 10.4 Å². The van der Waals surface area contributed by atoms with Crippen molar-refractivity contribution in [2.24, 2.45) is 5.41 Å². The highest BCUT2D eigenvalue weighted by molar-refractivity contribution is 7.22. The van der Waals surface area contributed by atoms with Crippen LogP contribution in [-0.2, 0) is 19.4 Å². The van der Waals surface area contributed by atoms with Crippen LogP contribution in [0.5, 0.6) is 0 Å². The van der Waals surface area contributed by atoms with Crippen LogP contribution in [-0.4, -0.2) is 43.9 Å². The lowest BCUT2D eigenvalue weighted by Gasteiger charge is -2.35. The van der Waals surface area contributed by atoms with Crippen molar-refractivity contribution in [2.75, 3.05) is 18.1 Å². The molecular formula is C30H40N6OS. The Labute approximate surface area is 229 Å². The van der Waals surface area contributed by atoms with Gasteiger partial charge < -0.3 is 16.2 Å². The zero-order valence-corrected chi connectivity index (χ0v) is 24.3. The van der Waals surface area contributed by atoms with Gasteiger partial charge in [0, 0.05) is 42.2 Å². The summed E-state index contributed by atoms with van der Waals surface area (Å²) in [6, 6.07) is 11.1. The van der Waals surface area contributed by atoms with Crippen molar-refractivity contribution in [1.29, 1.82) is 0 Å². The first-order valence-electron chi connectivity index (χ1n) is 13.3. The molecule has 1 aliphatic heterocycles. The van der Waals surface area contributed by atoms with Gasteiger partial charge in [-0.05, 0) is 79.8 Å². The van der Waals surface area contributed by atoms with E-state index in [2.05, 4.69) is 78.3 Å². The Hall–Kier alpha value is -2.94. The van der Waals surface area contributed by atoms with Crippen LogP contribution in [0.1, 0.15) is 70.0 Å². The number of aromatic nitrogens is 3. The molecule has 8 heteroatoms. The van der Waals surface area contributed by atoms with Crippen molar-refractivity contribution in [2.45, 2.75) is 78.6 Å². The number of thiophene rings is 1. The number of nitrogens with zero attached hydrogens (tertiary/aromatic N) is 3. The fourth-order valence-electron chi connectivity index (χ4n) is 5.39. The number of fused-ring (bicyclic) bond motifs is 2. The molecule has 4 heterocycles. The maximum absolute atomic E-state index is 10.7. The average molecular weight is 533 g/mol. The van der Waals surface area contributed by atoms with E-state index in [4.69, 9.17) is 5.73 Å². The molecule has 2 atom stereocenters. The number of pyridine rings is 1. The zero-order valence-electron chi connectivity index (χ0n) is 23.5. The van der Waals surface area contributed by atoms with Crippen LogP contribution in [0.15, 0.2) is 36.5 Å². The number of benzene rings is 1. The highest BCUT2D eigenvalue weighted by Crippen LogP contribution is 2.43. The standard InChI is InChI=1S/C30H40N6OS/c1-17(29(2,3)4)36(7)16-18-10-20(15-30(5,6)37)21-13-23(33-22(21)11-18)27-28-24(34-35-27)14-25(38-28)19-8-9-32-26(31)12-19/h8-12,14,17,23,33,37H,13,15-16H2,1-7H3,(H2,31,32)(H,34,35). The Balaban J connectivity index is 1.46. The summed E-state index contributed by atoms with van der Waals surface area (Å²) in [5.74, 6) is 0.515. The normalized spacial score (nSPS) is 16.7. The van der Waals surface area contributed by atoms with Crippen LogP contribution >= 0.6 is 11.3 Å². The predicted octanol–water partition coefficient (Wildman–Crippen LogP) is 6.16. The molecular weight excluding hydrogens is 492 g/mol. The van der Waals surface area contributed by atoms with E-state index in [1.165, 1.54) is 16.7 Å². The number of anilines is 2. The molecule has 1 aromatic carbocycles. The molecule has 1 aliphatic rings. The minimum Gasteiger partial charge on any atom is -0.390 e. The van der Waals surface area contributed by atoms with Crippen LogP contribution in [0, 0.1) is 5.41 Å². The molecule has 0 aliphatic carbocycles. The Bertz CT molecular complexity index is 1460. The van der Waals surface area contributed by atoms with E-state index in [1.54, 1.807) is 17.5 Å². The van der Waals surface area contributed by atoms with Gasteiger partial charge in [0.25, 0.3) is 0 Å². The van der Waals surface area contributed by atoms with E-state index in [0.29, 0.717) is 18.3 Å². The second kappa shape index (κ2) is 9.67. The molecule has 5 rings (SSSR count). The number of aliphatic hydroxyl groups is 1. The van der Waals surface area contributed by atoms with Gasteiger partial charge in [0.05, 0.1) is 22.0 Å². The van der Waals surface area contributed by atoms with Gasteiger partial charge in [0.15, 0.2) is 0 Å². The smallest absolute Gasteiger partial charge is 0.123 e. The molecule has 0 bridgehead atoms. The lowest BCUT2D eigenvalue weighted by atomic mass is 9.86. The molecule has 0 radical (unpaired) electrons. The number of aromatic amines is 1. The summed E-state index contributed by atoms with van der Waals surface area (Å²) in [5.41, 5.74) is 13.4. The summed E-state index contributed by atoms with van der Waals surface area (Å²) in [7, 11) is 2.20. The van der Waals surface area contributed by atoms with Gasteiger partial charge in [-0.3, -0.25) is 10.00 Å². The van der Waals surface area contributed by atoms with Gasteiger partial charge >= 0.3 is 0 Å². The summed E-state index contributed by atoms with van der Waals surface area (Å²) in [5, 5.41) is 22.5. The van der Waals surface area contributed by atoms with Crippen LogP contribution < -0.4 is 11.1 Å². The quantitative estimate of drug-likeness (QED) is 0.227. The molecule has 3 aromatic heterocycles. The number of H-pyrrole nitrogens is 1. The first-order chi connectivity index (χ1) is 17.8. The van der Waals surface area contributed by atoms with Gasteiger partial charge in [-0.25, -0.2) is 4.98 Å². The van der Waals surface area contributed by atoms with Crippen molar-refractivity contribution in [3.63, 3.8) is 0 Å². The number of nitrogen functional groups attached to an aromatic ring is 1. The largest absolute Gasteiger partial charge is 0.390 e. The second-order valence-electron chi connectivity index (χ2n) is 12.6. The Morgan fingerprint density at radius 2 is 1.95 bits per heavy atom. The summed E-state index contributed by atoms with van der Waals surface area (Å²) >= 11 is 1.73. The maximum Gasteiger partial charge on any atom is 0.123 e. The van der Waals surface area contributed by atoms with E-state index in [1.807, 2.05) is 26.0 Å². The van der Waals surface area contributed by atoms with Crippen molar-refractivity contribution >= 4 is 33.1 Å². The highest BCUT2D eigenvalue weighted by atomic mass is 32.1. The zero-order chi connectivity index (χ0) is 27.4. The van der Waals surface area contributed by atoms with E-state index in [0.717, 1.165) is 45.0 Å². The number of nitrogens with one attached hydrogen (secondary N) is 2. The van der Waals surface area contributed by atoms with Crippen LogP contribution in [0.4, 0.5) is 11.5 Å². The monoisotopic (exact) mass is 532 g/mol. The van der Waals surface area contributed by atoms with Gasteiger partial charge in [-0.2, -0.15) is 5.10 Å². The molecule has 0 fully saturated rings. The number of rotatable bonds is 7. The summed E-state index contributed by atoms with van der Waals surface area (Å²) in [4.78, 5) is 7.66. The third kappa shape index (κ3) is 5.44. The van der Waals surface area contributed by atoms with Gasteiger partial charge in [0.2, 0.25) is 0 Å². The molecule has 0 saturated heterocycles. The van der Waals surface area contributed by atoms with Crippen LogP contribution in [0.25, 0.3) is 20.7 Å². The first-order valence-corrected chi connectivity index (χ1v) is 14.1. The summed E-state index contributed by atoms with van der Waals surface area (Å²) < 4.78 is 1.16. The number of hydrogen-bond acceptors (Lipinski definition) is 7. The average Bonchev–Trinajstić information content (AvgIpc) is 3.50. The molecule has 4 aromatic rings. The summed E-state index contributed by atoms with van der Waals surface area (Å²) in [6.45, 7) is 13.8. The lowest BCUT2D eigenvalue weighted by molar-refractivity contribution is 0.0807. The van der Waals surface area contributed by atoms with Gasteiger partial charge in [0.1, 0.15) is 11.3 Å². The predicted molar refractivity (Wildman–Crippen MR) is 159 cm³/mol. The molecule has 202 valence electrons. The SMILES string of the molecule is CC(N(C)Cc1cc(CC(C)(C)O)c2c(c1)NC(c1[nH]nc3cc(-c4ccnc(N)c4)sc13)C2)C(C)(C)C. The van der Waals surface area contributed by atoms with Crippen molar-refractivity contribution < 1.29 is 5.11 Å². The first kappa shape index (κ1) is 26.7. The minimum absolute atomic E-state index is 0.0889. The fourth-order valence-corrected chi connectivity index (χ4v) is 6.54. The minimum atomic E-state index is -0.786. The third-order valence-corrected chi connectivity index (χ3v) is 8.98. The second-order valence-corrected chi connectivity index (χ2v) is 13.6. The van der Waals surface area contributed by atoms with E-state index >= 15 is 0 Å². The Kier molecular flexibility index (Phi) is 6.78. The van der Waals surface area contributed by atoms with Crippen LogP contribution in [0.3, 0.4) is 0 Å². The number of hydrogen-bond donors (Lipinski definition) is 4.